The minimum atomic E-state index is -0.873. The van der Waals surface area contributed by atoms with Crippen LogP contribution in [0.25, 0.3) is 0 Å². The summed E-state index contributed by atoms with van der Waals surface area (Å²) < 4.78 is 19.5. The number of benzene rings is 1. The summed E-state index contributed by atoms with van der Waals surface area (Å²) in [7, 11) is 0. The average Bonchev–Trinajstić information content (AvgIpc) is 2.51. The van der Waals surface area contributed by atoms with E-state index >= 15 is 0 Å². The molecule has 1 heterocycles. The van der Waals surface area contributed by atoms with Crippen molar-refractivity contribution in [3.63, 3.8) is 0 Å². The van der Waals surface area contributed by atoms with E-state index in [9.17, 15) is 14.3 Å². The molecule has 1 amide bonds. The number of amides is 1. The third-order valence-electron chi connectivity index (χ3n) is 4.63. The smallest absolute Gasteiger partial charge is 0.230 e. The molecule has 2 N–H and O–H groups in total. The number of hydrogen-bond donors (Lipinski definition) is 2. The standard InChI is InChI=1S/C17H23BrFNO3/c1-16(2,12-3-4-13(18)14(19)11-12)15(22)20-17(5-8-21)6-9-23-10-7-17/h3-4,11,21H,5-10H2,1-2H3,(H,20,22). The van der Waals surface area contributed by atoms with E-state index < -0.39 is 11.0 Å². The van der Waals surface area contributed by atoms with Crippen molar-refractivity contribution in [1.29, 1.82) is 0 Å². The maximum atomic E-state index is 13.8. The van der Waals surface area contributed by atoms with E-state index in [1.54, 1.807) is 26.0 Å². The van der Waals surface area contributed by atoms with Gasteiger partial charge in [0, 0.05) is 25.4 Å². The van der Waals surface area contributed by atoms with E-state index in [0.29, 0.717) is 42.5 Å². The van der Waals surface area contributed by atoms with Crippen LogP contribution in [0.4, 0.5) is 4.39 Å². The number of ether oxygens (including phenoxy) is 1. The maximum absolute atomic E-state index is 13.8. The molecule has 128 valence electrons. The van der Waals surface area contributed by atoms with Crippen molar-refractivity contribution in [3.8, 4) is 0 Å². The van der Waals surface area contributed by atoms with Gasteiger partial charge in [-0.3, -0.25) is 4.79 Å². The van der Waals surface area contributed by atoms with Gasteiger partial charge in [0.15, 0.2) is 0 Å². The second-order valence-corrected chi connectivity index (χ2v) is 7.43. The van der Waals surface area contributed by atoms with Gasteiger partial charge in [-0.05, 0) is 66.7 Å². The molecule has 1 saturated heterocycles. The number of carbonyl (C=O) groups is 1. The Bertz CT molecular complexity index is 565. The van der Waals surface area contributed by atoms with Gasteiger partial charge in [0.1, 0.15) is 5.82 Å². The fourth-order valence-electron chi connectivity index (χ4n) is 2.83. The van der Waals surface area contributed by atoms with Crippen LogP contribution in [0.15, 0.2) is 22.7 Å². The van der Waals surface area contributed by atoms with Crippen molar-refractivity contribution >= 4 is 21.8 Å². The molecule has 4 nitrogen and oxygen atoms in total. The summed E-state index contributed by atoms with van der Waals surface area (Å²) in [4.78, 5) is 12.8. The Balaban J connectivity index is 2.20. The van der Waals surface area contributed by atoms with Gasteiger partial charge in [-0.25, -0.2) is 4.39 Å². The molecule has 0 bridgehead atoms. The molecule has 6 heteroatoms. The average molecular weight is 388 g/mol. The summed E-state index contributed by atoms with van der Waals surface area (Å²) in [5.41, 5.74) is -0.709. The lowest BCUT2D eigenvalue weighted by Crippen LogP contribution is -2.56. The van der Waals surface area contributed by atoms with Gasteiger partial charge < -0.3 is 15.2 Å². The first-order valence-electron chi connectivity index (χ1n) is 7.77. The van der Waals surface area contributed by atoms with Crippen molar-refractivity contribution in [2.75, 3.05) is 19.8 Å². The van der Waals surface area contributed by atoms with E-state index in [-0.39, 0.29) is 18.3 Å². The molecule has 1 fully saturated rings. The highest BCUT2D eigenvalue weighted by Gasteiger charge is 2.39. The fourth-order valence-corrected chi connectivity index (χ4v) is 3.07. The topological polar surface area (TPSA) is 58.6 Å². The summed E-state index contributed by atoms with van der Waals surface area (Å²) in [6.45, 7) is 4.68. The van der Waals surface area contributed by atoms with E-state index in [1.807, 2.05) is 0 Å². The zero-order valence-corrected chi connectivity index (χ0v) is 15.1. The molecule has 0 spiro atoms. The molecule has 1 aromatic carbocycles. The summed E-state index contributed by atoms with van der Waals surface area (Å²) in [6, 6.07) is 4.74. The van der Waals surface area contributed by atoms with Crippen LogP contribution in [0.2, 0.25) is 0 Å². The first-order chi connectivity index (χ1) is 10.8. The number of nitrogens with one attached hydrogen (secondary N) is 1. The Morgan fingerprint density at radius 1 is 1.43 bits per heavy atom. The van der Waals surface area contributed by atoms with Gasteiger partial charge in [0.05, 0.1) is 9.89 Å². The van der Waals surface area contributed by atoms with Crippen molar-refractivity contribution in [3.05, 3.63) is 34.1 Å². The highest BCUT2D eigenvalue weighted by atomic mass is 79.9. The van der Waals surface area contributed by atoms with Gasteiger partial charge in [-0.1, -0.05) is 6.07 Å². The number of aliphatic hydroxyl groups is 1. The van der Waals surface area contributed by atoms with Gasteiger partial charge in [0.25, 0.3) is 0 Å². The molecule has 1 aliphatic rings. The normalized spacial score (nSPS) is 17.8. The minimum Gasteiger partial charge on any atom is -0.396 e. The van der Waals surface area contributed by atoms with Gasteiger partial charge in [-0.2, -0.15) is 0 Å². The second kappa shape index (κ2) is 7.28. The van der Waals surface area contributed by atoms with Crippen LogP contribution >= 0.6 is 15.9 Å². The Labute approximate surface area is 144 Å². The predicted molar refractivity (Wildman–Crippen MR) is 89.8 cm³/mol. The molecule has 0 radical (unpaired) electrons. The predicted octanol–water partition coefficient (Wildman–Crippen LogP) is 2.91. The van der Waals surface area contributed by atoms with E-state index in [0.717, 1.165) is 0 Å². The SMILES string of the molecule is CC(C)(C(=O)NC1(CCO)CCOCC1)c1ccc(Br)c(F)c1. The minimum absolute atomic E-state index is 0.00756. The molecule has 0 aromatic heterocycles. The molecule has 0 saturated carbocycles. The van der Waals surface area contributed by atoms with Crippen LogP contribution in [0.3, 0.4) is 0 Å². The Morgan fingerprint density at radius 2 is 2.09 bits per heavy atom. The van der Waals surface area contributed by atoms with Gasteiger partial charge >= 0.3 is 0 Å². The molecular formula is C17H23BrFNO3. The molecular weight excluding hydrogens is 365 g/mol. The lowest BCUT2D eigenvalue weighted by molar-refractivity contribution is -0.129. The number of halogens is 2. The van der Waals surface area contributed by atoms with Crippen LogP contribution in [0.1, 0.15) is 38.7 Å². The molecule has 0 unspecified atom stereocenters. The monoisotopic (exact) mass is 387 g/mol. The third-order valence-corrected chi connectivity index (χ3v) is 5.27. The van der Waals surface area contributed by atoms with Crippen LogP contribution < -0.4 is 5.32 Å². The molecule has 23 heavy (non-hydrogen) atoms. The van der Waals surface area contributed by atoms with Crippen LogP contribution in [-0.4, -0.2) is 36.4 Å². The largest absolute Gasteiger partial charge is 0.396 e. The van der Waals surface area contributed by atoms with Gasteiger partial charge in [0.2, 0.25) is 5.91 Å². The summed E-state index contributed by atoms with van der Waals surface area (Å²) in [5, 5.41) is 12.4. The van der Waals surface area contributed by atoms with Crippen LogP contribution in [0, 0.1) is 5.82 Å². The lowest BCUT2D eigenvalue weighted by atomic mass is 9.80. The molecule has 0 atom stereocenters. The number of aliphatic hydroxyl groups excluding tert-OH is 1. The molecule has 2 rings (SSSR count). The zero-order valence-electron chi connectivity index (χ0n) is 13.5. The maximum Gasteiger partial charge on any atom is 0.230 e. The van der Waals surface area contributed by atoms with Crippen LogP contribution in [-0.2, 0) is 14.9 Å². The zero-order chi connectivity index (χ0) is 17.1. The summed E-state index contributed by atoms with van der Waals surface area (Å²) in [6.07, 6.45) is 1.83. The first-order valence-corrected chi connectivity index (χ1v) is 8.57. The molecule has 1 aliphatic heterocycles. The lowest BCUT2D eigenvalue weighted by Gasteiger charge is -2.40. The van der Waals surface area contributed by atoms with Crippen molar-refractivity contribution in [2.45, 2.75) is 44.1 Å². The highest BCUT2D eigenvalue weighted by Crippen LogP contribution is 2.30. The first kappa shape index (κ1) is 18.4. The quantitative estimate of drug-likeness (QED) is 0.816. The Kier molecular flexibility index (Phi) is 5.81. The Hall–Kier alpha value is -0.980. The van der Waals surface area contributed by atoms with E-state index in [1.165, 1.54) is 6.07 Å². The van der Waals surface area contributed by atoms with E-state index in [2.05, 4.69) is 21.2 Å². The number of carbonyl (C=O) groups excluding carboxylic acids is 1. The molecule has 1 aromatic rings. The van der Waals surface area contributed by atoms with Crippen molar-refractivity contribution < 1.29 is 19.0 Å². The number of hydrogen-bond acceptors (Lipinski definition) is 3. The van der Waals surface area contributed by atoms with E-state index in [4.69, 9.17) is 4.74 Å². The van der Waals surface area contributed by atoms with Gasteiger partial charge in [-0.15, -0.1) is 0 Å². The van der Waals surface area contributed by atoms with Crippen LogP contribution in [0.5, 0.6) is 0 Å². The summed E-state index contributed by atoms with van der Waals surface area (Å²) >= 11 is 3.12. The van der Waals surface area contributed by atoms with Crippen molar-refractivity contribution in [2.24, 2.45) is 0 Å². The highest BCUT2D eigenvalue weighted by molar-refractivity contribution is 9.10. The molecule has 0 aliphatic carbocycles. The third kappa shape index (κ3) is 4.11. The second-order valence-electron chi connectivity index (χ2n) is 6.57. The fraction of sp³-hybridized carbons (Fsp3) is 0.588. The Morgan fingerprint density at radius 3 is 2.65 bits per heavy atom. The van der Waals surface area contributed by atoms with Crippen molar-refractivity contribution in [1.82, 2.24) is 5.32 Å². The number of rotatable bonds is 5. The summed E-state index contributed by atoms with van der Waals surface area (Å²) in [5.74, 6) is -0.561.